The van der Waals surface area contributed by atoms with E-state index in [2.05, 4.69) is 51.0 Å². The third kappa shape index (κ3) is 4.74. The second-order valence-electron chi connectivity index (χ2n) is 7.86. The van der Waals surface area contributed by atoms with E-state index in [0.29, 0.717) is 19.7 Å². The van der Waals surface area contributed by atoms with Gasteiger partial charge in [0.2, 0.25) is 16.2 Å². The molecule has 1 unspecified atom stereocenters. The molecule has 1 fully saturated rings. The highest BCUT2D eigenvalue weighted by atomic mass is 32.1. The maximum Gasteiger partial charge on any atom is 0.225 e. The number of aromatic nitrogens is 3. The Kier molecular flexibility index (Phi) is 6.56. The number of anilines is 1. The van der Waals surface area contributed by atoms with Crippen LogP contribution in [-0.4, -0.2) is 40.4 Å². The third-order valence-electron chi connectivity index (χ3n) is 5.65. The number of piperidine rings is 1. The molecule has 1 N–H and O–H groups in total. The molecule has 1 aliphatic rings. The quantitative estimate of drug-likeness (QED) is 0.605. The Morgan fingerprint density at radius 2 is 1.90 bits per heavy atom. The van der Waals surface area contributed by atoms with Crippen LogP contribution in [0.1, 0.15) is 36.7 Å². The molecule has 1 atom stereocenters. The molecule has 4 rings (SSSR count). The van der Waals surface area contributed by atoms with Gasteiger partial charge >= 0.3 is 0 Å². The Morgan fingerprint density at radius 1 is 1.16 bits per heavy atom. The SMILES string of the molecule is CCOc1ccccc1CNC(=O)C1CCCN(c2nnc(-n3c(C)ccc3C)s2)C1. The highest BCUT2D eigenvalue weighted by Crippen LogP contribution is 2.29. The maximum atomic E-state index is 12.9. The highest BCUT2D eigenvalue weighted by Gasteiger charge is 2.28. The summed E-state index contributed by atoms with van der Waals surface area (Å²) in [4.78, 5) is 15.1. The molecule has 31 heavy (non-hydrogen) atoms. The Balaban J connectivity index is 1.39. The lowest BCUT2D eigenvalue weighted by Crippen LogP contribution is -2.43. The first-order valence-electron chi connectivity index (χ1n) is 10.8. The molecule has 7 nitrogen and oxygen atoms in total. The van der Waals surface area contributed by atoms with Gasteiger partial charge in [0.05, 0.1) is 12.5 Å². The number of para-hydroxylation sites is 1. The van der Waals surface area contributed by atoms with Gasteiger partial charge in [0.1, 0.15) is 5.75 Å². The molecule has 0 radical (unpaired) electrons. The predicted octanol–water partition coefficient (Wildman–Crippen LogP) is 3.88. The normalized spacial score (nSPS) is 16.4. The fourth-order valence-electron chi connectivity index (χ4n) is 4.03. The van der Waals surface area contributed by atoms with Gasteiger partial charge in [-0.2, -0.15) is 0 Å². The maximum absolute atomic E-state index is 12.9. The molecule has 1 aromatic carbocycles. The van der Waals surface area contributed by atoms with Crippen LogP contribution in [0.3, 0.4) is 0 Å². The molecule has 1 saturated heterocycles. The molecule has 0 bridgehead atoms. The lowest BCUT2D eigenvalue weighted by molar-refractivity contribution is -0.125. The molecule has 1 aliphatic heterocycles. The van der Waals surface area contributed by atoms with Gasteiger partial charge in [-0.3, -0.25) is 9.36 Å². The minimum atomic E-state index is -0.0598. The van der Waals surface area contributed by atoms with Gasteiger partial charge in [0, 0.05) is 36.6 Å². The van der Waals surface area contributed by atoms with Gasteiger partial charge < -0.3 is 15.0 Å². The average molecular weight is 440 g/mol. The van der Waals surface area contributed by atoms with Gasteiger partial charge in [0.15, 0.2) is 0 Å². The van der Waals surface area contributed by atoms with Crippen LogP contribution in [0, 0.1) is 19.8 Å². The van der Waals surface area contributed by atoms with Crippen molar-refractivity contribution in [3.63, 3.8) is 0 Å². The number of rotatable bonds is 7. The summed E-state index contributed by atoms with van der Waals surface area (Å²) in [5, 5.41) is 13.7. The van der Waals surface area contributed by atoms with Crippen molar-refractivity contribution in [3.8, 4) is 10.9 Å². The molecule has 164 valence electrons. The zero-order chi connectivity index (χ0) is 21.8. The summed E-state index contributed by atoms with van der Waals surface area (Å²) < 4.78 is 7.78. The van der Waals surface area contributed by atoms with Crippen LogP contribution in [0.5, 0.6) is 5.75 Å². The van der Waals surface area contributed by atoms with Gasteiger partial charge in [0.25, 0.3) is 0 Å². The summed E-state index contributed by atoms with van der Waals surface area (Å²) in [5.74, 6) is 0.848. The minimum Gasteiger partial charge on any atom is -0.494 e. The Morgan fingerprint density at radius 3 is 2.68 bits per heavy atom. The number of ether oxygens (including phenoxy) is 1. The number of amides is 1. The summed E-state index contributed by atoms with van der Waals surface area (Å²) in [6, 6.07) is 12.0. The summed E-state index contributed by atoms with van der Waals surface area (Å²) in [6.45, 7) is 8.74. The molecule has 0 saturated carbocycles. The number of nitrogens with zero attached hydrogens (tertiary/aromatic N) is 4. The molecule has 3 aromatic rings. The number of hydrogen-bond acceptors (Lipinski definition) is 6. The van der Waals surface area contributed by atoms with Crippen LogP contribution >= 0.6 is 11.3 Å². The van der Waals surface area contributed by atoms with Crippen LogP contribution in [0.2, 0.25) is 0 Å². The largest absolute Gasteiger partial charge is 0.494 e. The Bertz CT molecular complexity index is 1020. The Labute approximate surface area is 187 Å². The van der Waals surface area contributed by atoms with Crippen molar-refractivity contribution in [3.05, 3.63) is 53.3 Å². The summed E-state index contributed by atoms with van der Waals surface area (Å²) >= 11 is 1.58. The number of carbonyl (C=O) groups is 1. The smallest absolute Gasteiger partial charge is 0.225 e. The topological polar surface area (TPSA) is 72.3 Å². The number of benzene rings is 1. The van der Waals surface area contributed by atoms with E-state index >= 15 is 0 Å². The molecule has 2 aromatic heterocycles. The second kappa shape index (κ2) is 9.51. The van der Waals surface area contributed by atoms with E-state index in [9.17, 15) is 4.79 Å². The lowest BCUT2D eigenvalue weighted by atomic mass is 9.97. The number of aryl methyl sites for hydroxylation is 2. The number of carbonyl (C=O) groups excluding carboxylic acids is 1. The number of nitrogens with one attached hydrogen (secondary N) is 1. The van der Waals surface area contributed by atoms with Crippen LogP contribution in [0.15, 0.2) is 36.4 Å². The standard InChI is InChI=1S/C23H29N5O2S/c1-4-30-20-10-6-5-8-18(20)14-24-21(29)19-9-7-13-27(15-19)22-25-26-23(31-22)28-16(2)11-12-17(28)3/h5-6,8,10-12,19H,4,7,9,13-15H2,1-3H3,(H,24,29). The molecular formula is C23H29N5O2S. The van der Waals surface area contributed by atoms with Crippen molar-refractivity contribution < 1.29 is 9.53 Å². The van der Waals surface area contributed by atoms with E-state index in [1.807, 2.05) is 31.2 Å². The van der Waals surface area contributed by atoms with E-state index < -0.39 is 0 Å². The van der Waals surface area contributed by atoms with Gasteiger partial charge in [-0.25, -0.2) is 0 Å². The van der Waals surface area contributed by atoms with Crippen LogP contribution in [-0.2, 0) is 11.3 Å². The summed E-state index contributed by atoms with van der Waals surface area (Å²) in [7, 11) is 0. The highest BCUT2D eigenvalue weighted by molar-refractivity contribution is 7.17. The van der Waals surface area contributed by atoms with E-state index in [0.717, 1.165) is 52.4 Å². The van der Waals surface area contributed by atoms with E-state index in [1.54, 1.807) is 11.3 Å². The average Bonchev–Trinajstić information content (AvgIpc) is 3.39. The van der Waals surface area contributed by atoms with Gasteiger partial charge in [-0.05, 0) is 51.8 Å². The first-order chi connectivity index (χ1) is 15.1. The molecule has 0 aliphatic carbocycles. The van der Waals surface area contributed by atoms with E-state index in [4.69, 9.17) is 4.74 Å². The van der Waals surface area contributed by atoms with Crippen molar-refractivity contribution in [2.24, 2.45) is 5.92 Å². The number of hydrogen-bond donors (Lipinski definition) is 1. The fraction of sp³-hybridized carbons (Fsp3) is 0.435. The first-order valence-corrected chi connectivity index (χ1v) is 11.6. The monoisotopic (exact) mass is 439 g/mol. The lowest BCUT2D eigenvalue weighted by Gasteiger charge is -2.31. The van der Waals surface area contributed by atoms with Gasteiger partial charge in [-0.1, -0.05) is 29.5 Å². The second-order valence-corrected chi connectivity index (χ2v) is 8.80. The van der Waals surface area contributed by atoms with Gasteiger partial charge in [-0.15, -0.1) is 10.2 Å². The predicted molar refractivity (Wildman–Crippen MR) is 123 cm³/mol. The third-order valence-corrected chi connectivity index (χ3v) is 6.62. The van der Waals surface area contributed by atoms with Crippen molar-refractivity contribution in [2.45, 2.75) is 40.2 Å². The Hall–Kier alpha value is -2.87. The molecule has 0 spiro atoms. The summed E-state index contributed by atoms with van der Waals surface area (Å²) in [5.41, 5.74) is 3.28. The molecule has 1 amide bonds. The van der Waals surface area contributed by atoms with E-state index in [-0.39, 0.29) is 11.8 Å². The first kappa shape index (κ1) is 21.4. The van der Waals surface area contributed by atoms with Crippen molar-refractivity contribution in [2.75, 3.05) is 24.6 Å². The van der Waals surface area contributed by atoms with Crippen molar-refractivity contribution in [1.29, 1.82) is 0 Å². The molecule has 8 heteroatoms. The van der Waals surface area contributed by atoms with Crippen LogP contribution < -0.4 is 15.0 Å². The summed E-state index contributed by atoms with van der Waals surface area (Å²) in [6.07, 6.45) is 1.85. The molecule has 3 heterocycles. The molecular weight excluding hydrogens is 410 g/mol. The minimum absolute atomic E-state index is 0.0598. The fourth-order valence-corrected chi connectivity index (χ4v) is 5.03. The van der Waals surface area contributed by atoms with E-state index in [1.165, 1.54) is 0 Å². The zero-order valence-electron chi connectivity index (χ0n) is 18.3. The van der Waals surface area contributed by atoms with Crippen LogP contribution in [0.25, 0.3) is 5.13 Å². The zero-order valence-corrected chi connectivity index (χ0v) is 19.1. The van der Waals surface area contributed by atoms with Crippen molar-refractivity contribution >= 4 is 22.4 Å². The van der Waals surface area contributed by atoms with Crippen LogP contribution in [0.4, 0.5) is 5.13 Å². The van der Waals surface area contributed by atoms with Crippen molar-refractivity contribution in [1.82, 2.24) is 20.1 Å².